The van der Waals surface area contributed by atoms with Gasteiger partial charge in [0.25, 0.3) is 0 Å². The lowest BCUT2D eigenvalue weighted by Crippen LogP contribution is -2.15. The zero-order valence-electron chi connectivity index (χ0n) is 16.6. The smallest absolute Gasteiger partial charge is 0.307 e. The van der Waals surface area contributed by atoms with Gasteiger partial charge in [0.1, 0.15) is 0 Å². The molecule has 0 spiro atoms. The predicted molar refractivity (Wildman–Crippen MR) is 128 cm³/mol. The third kappa shape index (κ3) is 4.91. The Kier molecular flexibility index (Phi) is 6.15. The molecule has 0 saturated heterocycles. The molecule has 0 saturated carbocycles. The van der Waals surface area contributed by atoms with Crippen molar-refractivity contribution in [1.29, 1.82) is 0 Å². The summed E-state index contributed by atoms with van der Waals surface area (Å²) < 4.78 is 28.0. The van der Waals surface area contributed by atoms with E-state index >= 15 is 0 Å². The molecular weight excluding hydrogens is 471 g/mol. The van der Waals surface area contributed by atoms with Crippen molar-refractivity contribution >= 4 is 55.8 Å². The SMILES string of the molecule is O=C(O)Cc1c(-c2ccc(Cl)c(NS(=O)(=O)Cc3cccc(Cl)c3)c2)[nH]c2ccccc12. The fourth-order valence-corrected chi connectivity index (χ4v) is 5.22. The fraction of sp³-hybridized carbons (Fsp3) is 0.0870. The van der Waals surface area contributed by atoms with Crippen LogP contribution in [0, 0.1) is 0 Å². The molecule has 0 amide bonds. The van der Waals surface area contributed by atoms with Gasteiger partial charge in [0.2, 0.25) is 10.0 Å². The van der Waals surface area contributed by atoms with Gasteiger partial charge in [0, 0.05) is 21.5 Å². The molecule has 9 heteroatoms. The van der Waals surface area contributed by atoms with Crippen LogP contribution in [0.15, 0.2) is 66.7 Å². The summed E-state index contributed by atoms with van der Waals surface area (Å²) in [4.78, 5) is 14.7. The molecule has 3 aromatic carbocycles. The average Bonchev–Trinajstić information content (AvgIpc) is 3.07. The summed E-state index contributed by atoms with van der Waals surface area (Å²) in [5.74, 6) is -1.24. The third-order valence-corrected chi connectivity index (χ3v) is 6.72. The Balaban J connectivity index is 1.71. The molecule has 1 aromatic heterocycles. The number of para-hydroxylation sites is 1. The first-order valence-corrected chi connectivity index (χ1v) is 12.0. The van der Waals surface area contributed by atoms with Crippen LogP contribution in [0.3, 0.4) is 0 Å². The van der Waals surface area contributed by atoms with E-state index in [9.17, 15) is 18.3 Å². The number of fused-ring (bicyclic) bond motifs is 1. The Labute approximate surface area is 194 Å². The van der Waals surface area contributed by atoms with Gasteiger partial charge in [-0.15, -0.1) is 0 Å². The number of benzene rings is 3. The van der Waals surface area contributed by atoms with Crippen LogP contribution in [-0.2, 0) is 27.0 Å². The van der Waals surface area contributed by atoms with Crippen LogP contribution in [0.1, 0.15) is 11.1 Å². The van der Waals surface area contributed by atoms with Crippen LogP contribution in [0.5, 0.6) is 0 Å². The van der Waals surface area contributed by atoms with Crippen LogP contribution in [0.2, 0.25) is 10.0 Å². The van der Waals surface area contributed by atoms with E-state index in [2.05, 4.69) is 9.71 Å². The average molecular weight is 489 g/mol. The van der Waals surface area contributed by atoms with Crippen LogP contribution in [0.25, 0.3) is 22.2 Å². The third-order valence-electron chi connectivity index (χ3n) is 4.91. The second-order valence-electron chi connectivity index (χ2n) is 7.28. The Morgan fingerprint density at radius 3 is 2.53 bits per heavy atom. The number of carbonyl (C=O) groups is 1. The van der Waals surface area contributed by atoms with Crippen molar-refractivity contribution in [2.45, 2.75) is 12.2 Å². The van der Waals surface area contributed by atoms with Crippen molar-refractivity contribution < 1.29 is 18.3 Å². The number of hydrogen-bond donors (Lipinski definition) is 3. The Hall–Kier alpha value is -3.00. The van der Waals surface area contributed by atoms with Gasteiger partial charge in [-0.05, 0) is 41.5 Å². The standard InChI is InChI=1S/C23H18Cl2N2O4S/c24-16-5-3-4-14(10-16)13-32(30,31)27-21-11-15(8-9-19(21)25)23-18(12-22(28)29)17-6-1-2-7-20(17)26-23/h1-11,26-27H,12-13H2,(H,28,29). The number of carboxylic acids is 1. The molecule has 6 nitrogen and oxygen atoms in total. The van der Waals surface area contributed by atoms with E-state index in [4.69, 9.17) is 23.2 Å². The van der Waals surface area contributed by atoms with Crippen molar-refractivity contribution in [3.63, 3.8) is 0 Å². The summed E-state index contributed by atoms with van der Waals surface area (Å²) in [6.07, 6.45) is -0.183. The highest BCUT2D eigenvalue weighted by molar-refractivity contribution is 7.91. The summed E-state index contributed by atoms with van der Waals surface area (Å²) in [6, 6.07) is 18.9. The Morgan fingerprint density at radius 1 is 1.00 bits per heavy atom. The number of anilines is 1. The molecule has 4 rings (SSSR count). The number of carboxylic acid groups (broad SMARTS) is 1. The minimum absolute atomic E-state index is 0.183. The molecule has 0 atom stereocenters. The molecule has 0 unspecified atom stereocenters. The molecule has 0 aliphatic rings. The van der Waals surface area contributed by atoms with Crippen LogP contribution in [0.4, 0.5) is 5.69 Å². The normalized spacial score (nSPS) is 11.6. The van der Waals surface area contributed by atoms with Crippen molar-refractivity contribution in [1.82, 2.24) is 4.98 Å². The predicted octanol–water partition coefficient (Wildman–Crippen LogP) is 5.71. The molecular formula is C23H18Cl2N2O4S. The lowest BCUT2D eigenvalue weighted by atomic mass is 10.0. The van der Waals surface area contributed by atoms with E-state index in [1.165, 1.54) is 0 Å². The summed E-state index contributed by atoms with van der Waals surface area (Å²) in [7, 11) is -3.78. The van der Waals surface area contributed by atoms with Crippen LogP contribution >= 0.6 is 23.2 Å². The van der Waals surface area contributed by atoms with Gasteiger partial charge in [-0.3, -0.25) is 9.52 Å². The Bertz CT molecular complexity index is 1430. The second-order valence-corrected chi connectivity index (χ2v) is 9.85. The van der Waals surface area contributed by atoms with Gasteiger partial charge in [0.05, 0.1) is 28.6 Å². The second kappa shape index (κ2) is 8.86. The summed E-state index contributed by atoms with van der Waals surface area (Å²) in [5, 5.41) is 10.9. The first kappa shape index (κ1) is 22.2. The van der Waals surface area contributed by atoms with Crippen molar-refractivity contribution in [2.24, 2.45) is 0 Å². The number of aromatic amines is 1. The van der Waals surface area contributed by atoms with Gasteiger partial charge >= 0.3 is 5.97 Å². The highest BCUT2D eigenvalue weighted by atomic mass is 35.5. The van der Waals surface area contributed by atoms with Gasteiger partial charge in [0.15, 0.2) is 0 Å². The number of aromatic nitrogens is 1. The largest absolute Gasteiger partial charge is 0.481 e. The number of aliphatic carboxylic acids is 1. The molecule has 164 valence electrons. The first-order chi connectivity index (χ1) is 15.2. The fourth-order valence-electron chi connectivity index (χ4n) is 3.59. The number of nitrogens with one attached hydrogen (secondary N) is 2. The molecule has 0 radical (unpaired) electrons. The zero-order valence-corrected chi connectivity index (χ0v) is 18.9. The maximum Gasteiger partial charge on any atom is 0.307 e. The number of H-pyrrole nitrogens is 1. The van der Waals surface area contributed by atoms with Crippen LogP contribution < -0.4 is 4.72 Å². The first-order valence-electron chi connectivity index (χ1n) is 9.58. The lowest BCUT2D eigenvalue weighted by Gasteiger charge is -2.12. The number of rotatable bonds is 7. The molecule has 1 heterocycles. The van der Waals surface area contributed by atoms with Crippen molar-refractivity contribution in [2.75, 3.05) is 4.72 Å². The quantitative estimate of drug-likeness (QED) is 0.310. The van der Waals surface area contributed by atoms with E-state index in [0.29, 0.717) is 27.4 Å². The molecule has 0 aliphatic heterocycles. The monoisotopic (exact) mass is 488 g/mol. The zero-order chi connectivity index (χ0) is 22.9. The molecule has 0 fully saturated rings. The topological polar surface area (TPSA) is 99.3 Å². The van der Waals surface area contributed by atoms with Gasteiger partial charge < -0.3 is 10.1 Å². The number of hydrogen-bond acceptors (Lipinski definition) is 3. The highest BCUT2D eigenvalue weighted by Crippen LogP contribution is 2.35. The van der Waals surface area contributed by atoms with E-state index in [0.717, 1.165) is 10.9 Å². The minimum Gasteiger partial charge on any atom is -0.481 e. The molecule has 3 N–H and O–H groups in total. The van der Waals surface area contributed by atoms with Gasteiger partial charge in [-0.25, -0.2) is 8.42 Å². The molecule has 0 aliphatic carbocycles. The summed E-state index contributed by atoms with van der Waals surface area (Å²) >= 11 is 12.2. The number of sulfonamides is 1. The van der Waals surface area contributed by atoms with E-state index < -0.39 is 16.0 Å². The molecule has 0 bridgehead atoms. The van der Waals surface area contributed by atoms with E-state index in [-0.39, 0.29) is 22.9 Å². The molecule has 4 aromatic rings. The lowest BCUT2D eigenvalue weighted by molar-refractivity contribution is -0.136. The van der Waals surface area contributed by atoms with Gasteiger partial charge in [-0.2, -0.15) is 0 Å². The number of halogens is 2. The summed E-state index contributed by atoms with van der Waals surface area (Å²) in [6.45, 7) is 0. The highest BCUT2D eigenvalue weighted by Gasteiger charge is 2.19. The van der Waals surface area contributed by atoms with Crippen molar-refractivity contribution in [3.8, 4) is 11.3 Å². The Morgan fingerprint density at radius 2 is 1.78 bits per heavy atom. The van der Waals surface area contributed by atoms with Crippen LogP contribution in [-0.4, -0.2) is 24.5 Å². The maximum absolute atomic E-state index is 12.7. The molecule has 32 heavy (non-hydrogen) atoms. The van der Waals surface area contributed by atoms with Gasteiger partial charge in [-0.1, -0.05) is 59.6 Å². The van der Waals surface area contributed by atoms with E-state index in [1.54, 1.807) is 42.5 Å². The summed E-state index contributed by atoms with van der Waals surface area (Å²) in [5.41, 5.74) is 3.35. The van der Waals surface area contributed by atoms with E-state index in [1.807, 2.05) is 24.3 Å². The van der Waals surface area contributed by atoms with Crippen molar-refractivity contribution in [3.05, 3.63) is 87.9 Å². The minimum atomic E-state index is -3.78. The maximum atomic E-state index is 12.7.